The second-order valence-electron chi connectivity index (χ2n) is 16.1. The van der Waals surface area contributed by atoms with E-state index in [4.69, 9.17) is 9.47 Å². The molecule has 55 heavy (non-hydrogen) atoms. The number of nitrogens with one attached hydrogen (secondary N) is 1. The van der Waals surface area contributed by atoms with E-state index in [2.05, 4.69) is 15.3 Å². The second kappa shape index (κ2) is 16.9. The van der Waals surface area contributed by atoms with E-state index < -0.39 is 47.2 Å². The van der Waals surface area contributed by atoms with Crippen LogP contribution in [0.2, 0.25) is 0 Å². The number of rotatable bonds is 12. The number of nitrogens with zero attached hydrogens (tertiary/aromatic N) is 6. The maximum atomic E-state index is 14.8. The molecule has 0 unspecified atom stereocenters. The van der Waals surface area contributed by atoms with Gasteiger partial charge in [0, 0.05) is 51.3 Å². The zero-order chi connectivity index (χ0) is 40.1. The minimum absolute atomic E-state index is 0.137. The largest absolute Gasteiger partial charge is 0.488 e. The van der Waals surface area contributed by atoms with Crippen molar-refractivity contribution in [1.29, 1.82) is 0 Å². The summed E-state index contributed by atoms with van der Waals surface area (Å²) in [5.41, 5.74) is 0.190. The van der Waals surface area contributed by atoms with E-state index in [0.29, 0.717) is 24.2 Å². The molecule has 14 heteroatoms. The van der Waals surface area contributed by atoms with Crippen molar-refractivity contribution in [2.45, 2.75) is 91.1 Å². The van der Waals surface area contributed by atoms with Crippen LogP contribution in [0.4, 0.5) is 9.18 Å². The summed E-state index contributed by atoms with van der Waals surface area (Å²) >= 11 is 0. The summed E-state index contributed by atoms with van der Waals surface area (Å²) in [6, 6.07) is 12.6. The van der Waals surface area contributed by atoms with E-state index in [-0.39, 0.29) is 43.0 Å². The third-order valence-electron chi connectivity index (χ3n) is 9.54. The number of halogens is 1. The molecule has 0 spiro atoms. The summed E-state index contributed by atoms with van der Waals surface area (Å²) < 4.78 is 27.3. The van der Waals surface area contributed by atoms with Crippen LogP contribution >= 0.6 is 0 Å². The molecule has 4 amide bonds. The Labute approximate surface area is 321 Å². The van der Waals surface area contributed by atoms with Crippen LogP contribution in [-0.4, -0.2) is 109 Å². The van der Waals surface area contributed by atoms with Gasteiger partial charge in [-0.05, 0) is 81.5 Å². The highest BCUT2D eigenvalue weighted by Gasteiger charge is 2.45. The number of hydrogen-bond donors (Lipinski definition) is 1. The van der Waals surface area contributed by atoms with E-state index in [1.54, 1.807) is 84.8 Å². The summed E-state index contributed by atoms with van der Waals surface area (Å²) in [7, 11) is 1.48. The number of benzene rings is 1. The Morgan fingerprint density at radius 2 is 1.69 bits per heavy atom. The maximum Gasteiger partial charge on any atom is 0.410 e. The molecule has 1 fully saturated rings. The first-order chi connectivity index (χ1) is 25.9. The molecule has 1 aliphatic heterocycles. The van der Waals surface area contributed by atoms with Crippen LogP contribution in [0, 0.1) is 11.2 Å². The minimum atomic E-state index is -1.00. The predicted molar refractivity (Wildman–Crippen MR) is 205 cm³/mol. The van der Waals surface area contributed by atoms with Gasteiger partial charge < -0.3 is 29.0 Å². The molecule has 3 aromatic heterocycles. The van der Waals surface area contributed by atoms with Crippen LogP contribution < -0.4 is 10.1 Å². The summed E-state index contributed by atoms with van der Waals surface area (Å²) in [6.07, 6.45) is 6.45. The summed E-state index contributed by atoms with van der Waals surface area (Å²) in [6.45, 7) is 13.0. The topological polar surface area (TPSA) is 139 Å². The Bertz CT molecular complexity index is 1920. The van der Waals surface area contributed by atoms with Gasteiger partial charge in [0.1, 0.15) is 46.7 Å². The predicted octanol–water partition coefficient (Wildman–Crippen LogP) is 5.39. The first-order valence-corrected chi connectivity index (χ1v) is 18.5. The van der Waals surface area contributed by atoms with Crippen LogP contribution in [0.1, 0.15) is 70.9 Å². The van der Waals surface area contributed by atoms with Crippen molar-refractivity contribution in [3.05, 3.63) is 96.5 Å². The molecule has 0 bridgehead atoms. The van der Waals surface area contributed by atoms with E-state index in [9.17, 15) is 23.6 Å². The van der Waals surface area contributed by atoms with Gasteiger partial charge in [-0.3, -0.25) is 24.3 Å². The molecule has 0 radical (unpaired) electrons. The average Bonchev–Trinajstić information content (AvgIpc) is 3.75. The highest BCUT2D eigenvalue weighted by atomic mass is 19.1. The first kappa shape index (κ1) is 40.7. The number of fused-ring (bicyclic) bond motifs is 1. The number of aromatic nitrogens is 3. The molecule has 4 heterocycles. The van der Waals surface area contributed by atoms with Crippen molar-refractivity contribution in [1.82, 2.24) is 34.4 Å². The molecule has 0 saturated carbocycles. The van der Waals surface area contributed by atoms with Gasteiger partial charge in [-0.25, -0.2) is 14.2 Å². The van der Waals surface area contributed by atoms with Gasteiger partial charge >= 0.3 is 6.09 Å². The first-order valence-electron chi connectivity index (χ1n) is 18.5. The number of imidazole rings is 1. The van der Waals surface area contributed by atoms with Crippen molar-refractivity contribution in [3.63, 3.8) is 0 Å². The molecule has 1 aliphatic rings. The molecule has 294 valence electrons. The zero-order valence-corrected chi connectivity index (χ0v) is 32.9. The summed E-state index contributed by atoms with van der Waals surface area (Å²) in [4.78, 5) is 68.8. The number of amides is 4. The highest BCUT2D eigenvalue weighted by Crippen LogP contribution is 2.29. The van der Waals surface area contributed by atoms with Gasteiger partial charge in [0.05, 0.1) is 12.6 Å². The highest BCUT2D eigenvalue weighted by molar-refractivity contribution is 5.93. The molecular weight excluding hydrogens is 705 g/mol. The number of pyridine rings is 2. The quantitative estimate of drug-likeness (QED) is 0.203. The molecule has 4 atom stereocenters. The molecule has 0 aliphatic carbocycles. The lowest BCUT2D eigenvalue weighted by molar-refractivity contribution is -0.141. The van der Waals surface area contributed by atoms with Crippen molar-refractivity contribution < 1.29 is 33.0 Å². The molecule has 13 nitrogen and oxygen atoms in total. The molecule has 4 aromatic rings. The summed E-state index contributed by atoms with van der Waals surface area (Å²) in [5, 5.41) is 2.93. The number of likely N-dealkylation sites (tertiary alicyclic amines) is 1. The molecule has 1 aromatic carbocycles. The fourth-order valence-electron chi connectivity index (χ4n) is 6.40. The smallest absolute Gasteiger partial charge is 0.410 e. The van der Waals surface area contributed by atoms with Crippen molar-refractivity contribution >= 4 is 29.5 Å². The SMILES string of the molecule is C[C@@H](C(=O)N[C@H](C(=O)N1C[C@@H](Oc2ccncc2)C[C@H]1CN(CCc1ccc(F)cc1)C(=O)c1cn2ccccc2n1)C(C)(C)C)N(C)C(=O)OC(C)(C)C. The number of carbonyl (C=O) groups excluding carboxylic acids is 4. The molecular formula is C41H52FN7O6. The van der Waals surface area contributed by atoms with Crippen LogP contribution in [0.15, 0.2) is 79.4 Å². The molecule has 5 rings (SSSR count). The Morgan fingerprint density at radius 3 is 2.33 bits per heavy atom. The van der Waals surface area contributed by atoms with Crippen LogP contribution in [0.5, 0.6) is 5.75 Å². The number of hydrogen-bond acceptors (Lipinski definition) is 8. The van der Waals surface area contributed by atoms with Gasteiger partial charge in [0.2, 0.25) is 11.8 Å². The molecule has 1 saturated heterocycles. The Hall–Kier alpha value is -5.53. The second-order valence-corrected chi connectivity index (χ2v) is 16.1. The lowest BCUT2D eigenvalue weighted by Gasteiger charge is -2.38. The Morgan fingerprint density at radius 1 is 1.00 bits per heavy atom. The van der Waals surface area contributed by atoms with Gasteiger partial charge in [0.25, 0.3) is 5.91 Å². The Kier molecular flexibility index (Phi) is 12.5. The van der Waals surface area contributed by atoms with Crippen LogP contribution in [0.25, 0.3) is 5.65 Å². The van der Waals surface area contributed by atoms with Crippen molar-refractivity contribution in [3.8, 4) is 5.75 Å². The van der Waals surface area contributed by atoms with Gasteiger partial charge in [-0.15, -0.1) is 0 Å². The van der Waals surface area contributed by atoms with Crippen LogP contribution in [0.3, 0.4) is 0 Å². The molecule has 1 N–H and O–H groups in total. The maximum absolute atomic E-state index is 14.8. The zero-order valence-electron chi connectivity index (χ0n) is 32.9. The minimum Gasteiger partial charge on any atom is -0.488 e. The van der Waals surface area contributed by atoms with E-state index in [0.717, 1.165) is 5.56 Å². The third kappa shape index (κ3) is 10.6. The van der Waals surface area contributed by atoms with Gasteiger partial charge in [-0.1, -0.05) is 39.0 Å². The lowest BCUT2D eigenvalue weighted by atomic mass is 9.85. The van der Waals surface area contributed by atoms with E-state index in [1.807, 2.05) is 45.2 Å². The van der Waals surface area contributed by atoms with Crippen molar-refractivity contribution in [2.75, 3.05) is 26.7 Å². The van der Waals surface area contributed by atoms with Crippen LogP contribution in [-0.2, 0) is 20.7 Å². The van der Waals surface area contributed by atoms with Crippen molar-refractivity contribution in [2.24, 2.45) is 5.41 Å². The van der Waals surface area contributed by atoms with Gasteiger partial charge in [0.15, 0.2) is 0 Å². The van der Waals surface area contributed by atoms with Gasteiger partial charge in [-0.2, -0.15) is 0 Å². The number of ether oxygens (including phenoxy) is 2. The third-order valence-corrected chi connectivity index (χ3v) is 9.54. The fourth-order valence-corrected chi connectivity index (χ4v) is 6.40. The normalized spacial score (nSPS) is 17.0. The van der Waals surface area contributed by atoms with E-state index >= 15 is 0 Å². The number of likely N-dealkylation sites (N-methyl/N-ethyl adjacent to an activating group) is 1. The lowest BCUT2D eigenvalue weighted by Crippen LogP contribution is -2.60. The monoisotopic (exact) mass is 757 g/mol. The van der Waals surface area contributed by atoms with E-state index in [1.165, 1.54) is 24.1 Å². The summed E-state index contributed by atoms with van der Waals surface area (Å²) in [5.74, 6) is -0.964. The number of carbonyl (C=O) groups is 4. The fraction of sp³-hybridized carbons (Fsp3) is 0.463. The standard InChI is InChI=1S/C41H52FN7O6/c1-27(46(8)39(53)55-41(5,6)7)36(50)45-35(40(2,3)4)38(52)49-25-32(54-31-16-19-43-20-17-31)23-30(49)24-48(22-18-28-12-14-29(42)15-13-28)37(51)33-26-47-21-10-9-11-34(47)44-33/h9-17,19-21,26-27,30,32,35H,18,22-25H2,1-8H3,(H,45,50)/t27-,30-,32-,35+/m0/s1. The Balaban J connectivity index is 1.44. The average molecular weight is 758 g/mol.